The van der Waals surface area contributed by atoms with Gasteiger partial charge in [0.2, 0.25) is 0 Å². The van der Waals surface area contributed by atoms with Crippen molar-refractivity contribution in [3.8, 4) is 0 Å². The van der Waals surface area contributed by atoms with Crippen molar-refractivity contribution in [2.45, 2.75) is 105 Å². The van der Waals surface area contributed by atoms with Crippen LogP contribution < -0.4 is 0 Å². The van der Waals surface area contributed by atoms with Gasteiger partial charge in [-0.05, 0) is 0 Å². The summed E-state index contributed by atoms with van der Waals surface area (Å²) in [5.74, 6) is -1.94. The summed E-state index contributed by atoms with van der Waals surface area (Å²) in [7, 11) is 0. The maximum atomic E-state index is 7.60. The number of halogens is 1. The second kappa shape index (κ2) is 13.1. The zero-order chi connectivity index (χ0) is 16.8. The molecule has 0 aromatic heterocycles. The summed E-state index contributed by atoms with van der Waals surface area (Å²) >= 11 is 7.60. The second-order valence-corrected chi connectivity index (χ2v) is 15.8. The molecule has 0 atom stereocenters. The Labute approximate surface area is 146 Å². The molecule has 0 spiro atoms. The van der Waals surface area contributed by atoms with Gasteiger partial charge in [-0.3, -0.25) is 0 Å². The summed E-state index contributed by atoms with van der Waals surface area (Å²) in [4.78, 5) is 0. The average Bonchev–Trinajstić information content (AvgIpc) is 2.53. The van der Waals surface area contributed by atoms with Gasteiger partial charge in [-0.2, -0.15) is 0 Å². The maximum absolute atomic E-state index is 7.60. The fourth-order valence-corrected chi connectivity index (χ4v) is 10.7. The van der Waals surface area contributed by atoms with Crippen molar-refractivity contribution < 1.29 is 0 Å². The standard InChI is InChI=1S/C20H44ClP/c1-5-9-13-14-15-16-20-22(21,17-10-6-2,18-11-7-3)19-12-8-4/h5-20H2,1-4H3. The van der Waals surface area contributed by atoms with Gasteiger partial charge in [0, 0.05) is 0 Å². The fraction of sp³-hybridized carbons (Fsp3) is 1.00. The predicted molar refractivity (Wildman–Crippen MR) is 110 cm³/mol. The van der Waals surface area contributed by atoms with E-state index < -0.39 is 5.96 Å². The van der Waals surface area contributed by atoms with E-state index in [2.05, 4.69) is 27.7 Å². The minimum atomic E-state index is -1.94. The molecule has 0 heterocycles. The van der Waals surface area contributed by atoms with Crippen molar-refractivity contribution in [3.05, 3.63) is 0 Å². The molecule has 2 heteroatoms. The molecule has 0 fully saturated rings. The topological polar surface area (TPSA) is 0 Å². The van der Waals surface area contributed by atoms with Gasteiger partial charge in [0.25, 0.3) is 0 Å². The Kier molecular flexibility index (Phi) is 13.5. The van der Waals surface area contributed by atoms with Gasteiger partial charge < -0.3 is 0 Å². The van der Waals surface area contributed by atoms with Gasteiger partial charge in [-0.15, -0.1) is 0 Å². The van der Waals surface area contributed by atoms with Crippen molar-refractivity contribution in [1.29, 1.82) is 0 Å². The van der Waals surface area contributed by atoms with E-state index in [0.29, 0.717) is 0 Å². The monoisotopic (exact) mass is 350 g/mol. The summed E-state index contributed by atoms with van der Waals surface area (Å²) in [6.07, 6.45) is 21.8. The third kappa shape index (κ3) is 9.77. The number of rotatable bonds is 16. The Hall–Kier alpha value is 0.720. The van der Waals surface area contributed by atoms with Crippen molar-refractivity contribution >= 4 is 17.2 Å². The van der Waals surface area contributed by atoms with Crippen LogP contribution in [0.15, 0.2) is 0 Å². The van der Waals surface area contributed by atoms with Crippen LogP contribution in [0.4, 0.5) is 0 Å². The van der Waals surface area contributed by atoms with E-state index in [1.165, 1.54) is 102 Å². The van der Waals surface area contributed by atoms with Crippen molar-refractivity contribution in [1.82, 2.24) is 0 Å². The average molecular weight is 351 g/mol. The van der Waals surface area contributed by atoms with Crippen LogP contribution in [0.25, 0.3) is 0 Å². The molecule has 0 N–H and O–H groups in total. The van der Waals surface area contributed by atoms with E-state index in [0.717, 1.165) is 0 Å². The van der Waals surface area contributed by atoms with Gasteiger partial charge in [0.15, 0.2) is 0 Å². The molecular weight excluding hydrogens is 307 g/mol. The first kappa shape index (κ1) is 22.7. The van der Waals surface area contributed by atoms with Crippen molar-refractivity contribution in [3.63, 3.8) is 0 Å². The number of hydrogen-bond acceptors (Lipinski definition) is 0. The molecule has 0 aliphatic heterocycles. The number of hydrogen-bond donors (Lipinski definition) is 0. The van der Waals surface area contributed by atoms with Crippen molar-refractivity contribution in [2.24, 2.45) is 0 Å². The Bertz CT molecular complexity index is 228. The van der Waals surface area contributed by atoms with Crippen LogP contribution in [0.5, 0.6) is 0 Å². The van der Waals surface area contributed by atoms with E-state index in [4.69, 9.17) is 11.2 Å². The summed E-state index contributed by atoms with van der Waals surface area (Å²) < 4.78 is 0. The molecule has 0 saturated carbocycles. The van der Waals surface area contributed by atoms with Crippen LogP contribution in [0, 0.1) is 0 Å². The Morgan fingerprint density at radius 2 is 0.773 bits per heavy atom. The molecule has 0 saturated heterocycles. The first-order valence-corrected chi connectivity index (χ1v) is 14.1. The molecule has 0 unspecified atom stereocenters. The third-order valence-corrected chi connectivity index (χ3v) is 13.0. The normalized spacial score (nSPS) is 14.0. The molecule has 0 aliphatic carbocycles. The predicted octanol–water partition coefficient (Wildman–Crippen LogP) is 8.45. The van der Waals surface area contributed by atoms with Gasteiger partial charge in [-0.1, -0.05) is 0 Å². The molecule has 0 rings (SSSR count). The quantitative estimate of drug-likeness (QED) is 0.193. The van der Waals surface area contributed by atoms with Crippen LogP contribution in [0.1, 0.15) is 105 Å². The molecule has 0 radical (unpaired) electrons. The van der Waals surface area contributed by atoms with Gasteiger partial charge in [0.05, 0.1) is 0 Å². The summed E-state index contributed by atoms with van der Waals surface area (Å²) in [5.41, 5.74) is 0. The summed E-state index contributed by atoms with van der Waals surface area (Å²) in [6.45, 7) is 9.26. The van der Waals surface area contributed by atoms with Crippen LogP contribution >= 0.6 is 17.2 Å². The molecular formula is C20H44ClP. The van der Waals surface area contributed by atoms with Gasteiger partial charge >= 0.3 is 147 Å². The zero-order valence-corrected chi connectivity index (χ0v) is 17.8. The van der Waals surface area contributed by atoms with Crippen LogP contribution in [0.2, 0.25) is 0 Å². The Morgan fingerprint density at radius 1 is 0.455 bits per heavy atom. The summed E-state index contributed by atoms with van der Waals surface area (Å²) in [6, 6.07) is 0. The third-order valence-electron chi connectivity index (χ3n) is 5.28. The molecule has 136 valence electrons. The van der Waals surface area contributed by atoms with E-state index in [9.17, 15) is 0 Å². The molecule has 0 aromatic rings. The van der Waals surface area contributed by atoms with Gasteiger partial charge in [0.1, 0.15) is 0 Å². The molecule has 0 bridgehead atoms. The van der Waals surface area contributed by atoms with Crippen LogP contribution in [-0.4, -0.2) is 24.6 Å². The Morgan fingerprint density at radius 3 is 1.18 bits per heavy atom. The van der Waals surface area contributed by atoms with Gasteiger partial charge in [-0.25, -0.2) is 0 Å². The minimum absolute atomic E-state index is 1.30. The van der Waals surface area contributed by atoms with Crippen LogP contribution in [0.3, 0.4) is 0 Å². The van der Waals surface area contributed by atoms with E-state index >= 15 is 0 Å². The fourth-order valence-electron chi connectivity index (χ4n) is 3.62. The molecule has 0 aromatic carbocycles. The second-order valence-electron chi connectivity index (χ2n) is 7.54. The Balaban J connectivity index is 4.62. The summed E-state index contributed by atoms with van der Waals surface area (Å²) in [5, 5.41) is 0. The first-order chi connectivity index (χ1) is 10.5. The van der Waals surface area contributed by atoms with Crippen LogP contribution in [-0.2, 0) is 0 Å². The number of unbranched alkanes of at least 4 members (excludes halogenated alkanes) is 8. The molecule has 0 nitrogen and oxygen atoms in total. The van der Waals surface area contributed by atoms with E-state index in [-0.39, 0.29) is 0 Å². The molecule has 22 heavy (non-hydrogen) atoms. The molecule has 0 amide bonds. The van der Waals surface area contributed by atoms with Crippen molar-refractivity contribution in [2.75, 3.05) is 24.6 Å². The van der Waals surface area contributed by atoms with E-state index in [1.54, 1.807) is 0 Å². The zero-order valence-electron chi connectivity index (χ0n) is 16.1. The molecule has 0 aliphatic rings. The SMILES string of the molecule is CCCCCCCCP(Cl)(CCCC)(CCCC)CCCC. The van der Waals surface area contributed by atoms with E-state index in [1.807, 2.05) is 0 Å². The first-order valence-electron chi connectivity index (χ1n) is 10.3.